The average molecular weight is 216 g/mol. The smallest absolute Gasteiger partial charge is 0.0168 e. The zero-order valence-electron chi connectivity index (χ0n) is 10.8. The zero-order chi connectivity index (χ0) is 11.1. The number of hydrogen-bond acceptors (Lipinski definition) is 0. The van der Waals surface area contributed by atoms with Gasteiger partial charge in [-0.25, -0.2) is 0 Å². The largest absolute Gasteiger partial charge is 0.0848 e. The quantitative estimate of drug-likeness (QED) is 0.534. The summed E-state index contributed by atoms with van der Waals surface area (Å²) >= 11 is 0. The highest BCUT2D eigenvalue weighted by molar-refractivity contribution is 5.24. The van der Waals surface area contributed by atoms with E-state index in [0.717, 1.165) is 41.4 Å². The van der Waals surface area contributed by atoms with Gasteiger partial charge >= 0.3 is 0 Å². The van der Waals surface area contributed by atoms with Gasteiger partial charge in [-0.2, -0.15) is 0 Å². The van der Waals surface area contributed by atoms with Gasteiger partial charge in [-0.3, -0.25) is 0 Å². The van der Waals surface area contributed by atoms with Gasteiger partial charge in [-0.15, -0.1) is 0 Å². The minimum absolute atomic E-state index is 0.689. The van der Waals surface area contributed by atoms with E-state index in [9.17, 15) is 0 Å². The predicted molar refractivity (Wildman–Crippen MR) is 66.9 cm³/mol. The van der Waals surface area contributed by atoms with E-state index in [1.54, 1.807) is 6.42 Å². The lowest BCUT2D eigenvalue weighted by Gasteiger charge is -2.40. The highest BCUT2D eigenvalue weighted by atomic mass is 14.7. The van der Waals surface area contributed by atoms with Gasteiger partial charge in [-0.1, -0.05) is 32.9 Å². The molecule has 0 spiro atoms. The molecule has 88 valence electrons. The summed E-state index contributed by atoms with van der Waals surface area (Å²) in [5.41, 5.74) is 0.689. The maximum atomic E-state index is 2.64. The minimum Gasteiger partial charge on any atom is -0.0848 e. The first-order valence-corrected chi connectivity index (χ1v) is 7.30. The Morgan fingerprint density at radius 2 is 1.81 bits per heavy atom. The molecule has 0 aromatic rings. The predicted octanol–water partition coefficient (Wildman–Crippen LogP) is 4.13. The molecule has 4 aliphatic rings. The van der Waals surface area contributed by atoms with Gasteiger partial charge in [0, 0.05) is 0 Å². The summed E-state index contributed by atoms with van der Waals surface area (Å²) in [5, 5.41) is 0. The van der Waals surface area contributed by atoms with Crippen LogP contribution >= 0.6 is 0 Å². The molecular weight excluding hydrogens is 192 g/mol. The molecule has 0 nitrogen and oxygen atoms in total. The Morgan fingerprint density at radius 1 is 1.00 bits per heavy atom. The third-order valence-corrected chi connectivity index (χ3v) is 7.02. The summed E-state index contributed by atoms with van der Waals surface area (Å²) in [6.45, 7) is 7.69. The SMILES string of the molecule is CC1CC(C)C2C1CC1C3C=CC(C3)C12C. The molecule has 0 aliphatic heterocycles. The molecule has 0 heterocycles. The standard InChI is InChI=1S/C16H24/c1-9-6-10(2)15-13(9)8-14-11-4-5-12(7-11)16(14,15)3/h4-5,9-15H,6-8H2,1-3H3. The highest BCUT2D eigenvalue weighted by Gasteiger charge is 2.65. The van der Waals surface area contributed by atoms with Gasteiger partial charge in [0.05, 0.1) is 0 Å². The minimum atomic E-state index is 0.689. The van der Waals surface area contributed by atoms with Crippen LogP contribution in [0.1, 0.15) is 40.0 Å². The molecule has 3 fully saturated rings. The summed E-state index contributed by atoms with van der Waals surface area (Å²) in [6, 6.07) is 0. The number of hydrogen-bond donors (Lipinski definition) is 0. The van der Waals surface area contributed by atoms with Crippen molar-refractivity contribution in [3.05, 3.63) is 12.2 Å². The molecule has 2 bridgehead atoms. The van der Waals surface area contributed by atoms with Crippen molar-refractivity contribution in [3.63, 3.8) is 0 Å². The lowest BCUT2D eigenvalue weighted by molar-refractivity contribution is 0.0993. The number of rotatable bonds is 0. The van der Waals surface area contributed by atoms with E-state index in [1.807, 2.05) is 0 Å². The van der Waals surface area contributed by atoms with Crippen molar-refractivity contribution in [2.75, 3.05) is 0 Å². The molecule has 4 rings (SSSR count). The van der Waals surface area contributed by atoms with Crippen molar-refractivity contribution >= 4 is 0 Å². The molecule has 8 unspecified atom stereocenters. The van der Waals surface area contributed by atoms with Crippen LogP contribution < -0.4 is 0 Å². The van der Waals surface area contributed by atoms with Crippen LogP contribution in [-0.2, 0) is 0 Å². The Bertz CT molecular complexity index is 355. The summed E-state index contributed by atoms with van der Waals surface area (Å²) < 4.78 is 0. The van der Waals surface area contributed by atoms with Gasteiger partial charge in [-0.05, 0) is 66.1 Å². The molecule has 8 atom stereocenters. The van der Waals surface area contributed by atoms with E-state index in [4.69, 9.17) is 0 Å². The van der Waals surface area contributed by atoms with Gasteiger partial charge in [0.15, 0.2) is 0 Å². The van der Waals surface area contributed by atoms with Crippen LogP contribution in [0, 0.1) is 46.8 Å². The molecule has 0 radical (unpaired) electrons. The third kappa shape index (κ3) is 0.866. The van der Waals surface area contributed by atoms with Crippen LogP contribution in [0.5, 0.6) is 0 Å². The molecule has 16 heavy (non-hydrogen) atoms. The molecular formula is C16H24. The van der Waals surface area contributed by atoms with Crippen LogP contribution in [0.4, 0.5) is 0 Å². The van der Waals surface area contributed by atoms with Gasteiger partial charge in [0.2, 0.25) is 0 Å². The van der Waals surface area contributed by atoms with Crippen molar-refractivity contribution in [1.29, 1.82) is 0 Å². The summed E-state index contributed by atoms with van der Waals surface area (Å²) in [7, 11) is 0. The molecule has 0 saturated heterocycles. The Labute approximate surface area is 99.5 Å². The first-order chi connectivity index (χ1) is 7.62. The van der Waals surface area contributed by atoms with Crippen LogP contribution in [0.25, 0.3) is 0 Å². The fraction of sp³-hybridized carbons (Fsp3) is 0.875. The molecule has 0 amide bonds. The Kier molecular flexibility index (Phi) is 1.68. The highest BCUT2D eigenvalue weighted by Crippen LogP contribution is 2.72. The molecule has 0 N–H and O–H groups in total. The summed E-state index contributed by atoms with van der Waals surface area (Å²) in [6.07, 6.45) is 9.66. The van der Waals surface area contributed by atoms with E-state index < -0.39 is 0 Å². The van der Waals surface area contributed by atoms with Gasteiger partial charge in [0.25, 0.3) is 0 Å². The van der Waals surface area contributed by atoms with Crippen molar-refractivity contribution in [2.24, 2.45) is 46.8 Å². The monoisotopic (exact) mass is 216 g/mol. The summed E-state index contributed by atoms with van der Waals surface area (Å²) in [4.78, 5) is 0. The van der Waals surface area contributed by atoms with E-state index in [2.05, 4.69) is 32.9 Å². The van der Waals surface area contributed by atoms with Crippen LogP contribution in [0.15, 0.2) is 12.2 Å². The first kappa shape index (κ1) is 9.74. The van der Waals surface area contributed by atoms with E-state index in [0.29, 0.717) is 5.41 Å². The van der Waals surface area contributed by atoms with Gasteiger partial charge in [0.1, 0.15) is 0 Å². The lowest BCUT2D eigenvalue weighted by atomic mass is 9.64. The summed E-state index contributed by atoms with van der Waals surface area (Å²) in [5.74, 6) is 7.04. The fourth-order valence-corrected chi connectivity index (χ4v) is 6.58. The molecule has 4 aliphatic carbocycles. The second-order valence-electron chi connectivity index (χ2n) is 7.48. The third-order valence-electron chi connectivity index (χ3n) is 7.02. The first-order valence-electron chi connectivity index (χ1n) is 7.30. The Morgan fingerprint density at radius 3 is 2.62 bits per heavy atom. The van der Waals surface area contributed by atoms with Crippen LogP contribution in [0.2, 0.25) is 0 Å². The number of fused-ring (bicyclic) bond motifs is 7. The van der Waals surface area contributed by atoms with E-state index in [-0.39, 0.29) is 0 Å². The van der Waals surface area contributed by atoms with Crippen molar-refractivity contribution in [1.82, 2.24) is 0 Å². The van der Waals surface area contributed by atoms with Crippen LogP contribution in [0.3, 0.4) is 0 Å². The number of allylic oxidation sites excluding steroid dienone is 2. The average Bonchev–Trinajstić information content (AvgIpc) is 2.87. The fourth-order valence-electron chi connectivity index (χ4n) is 6.58. The maximum Gasteiger partial charge on any atom is -0.0168 e. The molecule has 0 heteroatoms. The van der Waals surface area contributed by atoms with Crippen molar-refractivity contribution < 1.29 is 0 Å². The Balaban J connectivity index is 1.79. The van der Waals surface area contributed by atoms with Crippen molar-refractivity contribution in [2.45, 2.75) is 40.0 Å². The molecule has 3 saturated carbocycles. The van der Waals surface area contributed by atoms with Crippen molar-refractivity contribution in [3.8, 4) is 0 Å². The normalized spacial score (nSPS) is 66.3. The van der Waals surface area contributed by atoms with E-state index >= 15 is 0 Å². The van der Waals surface area contributed by atoms with Gasteiger partial charge < -0.3 is 0 Å². The molecule has 0 aromatic carbocycles. The zero-order valence-corrected chi connectivity index (χ0v) is 10.8. The second kappa shape index (κ2) is 2.76. The maximum absolute atomic E-state index is 2.64. The van der Waals surface area contributed by atoms with Crippen LogP contribution in [-0.4, -0.2) is 0 Å². The van der Waals surface area contributed by atoms with E-state index in [1.165, 1.54) is 12.8 Å². The Hall–Kier alpha value is -0.260. The second-order valence-corrected chi connectivity index (χ2v) is 7.48. The topological polar surface area (TPSA) is 0 Å². The molecule has 0 aromatic heterocycles. The lowest BCUT2D eigenvalue weighted by Crippen LogP contribution is -2.35.